The molecule has 1 aromatic carbocycles. The maximum Gasteiger partial charge on any atom is 0.308 e. The topological polar surface area (TPSA) is 83.9 Å². The van der Waals surface area contributed by atoms with Gasteiger partial charge in [-0.25, -0.2) is 0 Å². The monoisotopic (exact) mass is 359 g/mol. The van der Waals surface area contributed by atoms with Gasteiger partial charge in [0, 0.05) is 25.1 Å². The summed E-state index contributed by atoms with van der Waals surface area (Å²) in [6, 6.07) is 6.93. The Hall–Kier alpha value is -2.37. The highest BCUT2D eigenvalue weighted by Crippen LogP contribution is 2.44. The van der Waals surface area contributed by atoms with Crippen LogP contribution in [0.15, 0.2) is 24.3 Å². The Morgan fingerprint density at radius 2 is 1.85 bits per heavy atom. The minimum absolute atomic E-state index is 0.00919. The number of hydrogen-bond acceptors (Lipinski definition) is 4. The zero-order valence-electron chi connectivity index (χ0n) is 15.0. The van der Waals surface area contributed by atoms with E-state index >= 15 is 0 Å². The zero-order valence-corrected chi connectivity index (χ0v) is 15.0. The lowest BCUT2D eigenvalue weighted by Gasteiger charge is -2.16. The number of carboxylic acid groups (broad SMARTS) is 1. The van der Waals surface area contributed by atoms with Crippen molar-refractivity contribution < 1.29 is 24.2 Å². The van der Waals surface area contributed by atoms with Gasteiger partial charge in [-0.1, -0.05) is 0 Å². The molecule has 2 aliphatic rings. The Balaban J connectivity index is 1.41. The Kier molecular flexibility index (Phi) is 5.59. The lowest BCUT2D eigenvalue weighted by atomic mass is 9.92. The Bertz CT molecular complexity index is 680. The maximum absolute atomic E-state index is 12.4. The molecule has 1 amide bonds. The molecule has 0 aromatic heterocycles. The fourth-order valence-electron chi connectivity index (χ4n) is 3.65. The van der Waals surface area contributed by atoms with Crippen LogP contribution in [0.2, 0.25) is 0 Å². The van der Waals surface area contributed by atoms with Gasteiger partial charge in [-0.15, -0.1) is 0 Å². The second kappa shape index (κ2) is 7.89. The van der Waals surface area contributed by atoms with Crippen molar-refractivity contribution in [3.63, 3.8) is 0 Å². The van der Waals surface area contributed by atoms with Gasteiger partial charge < -0.3 is 14.7 Å². The number of aliphatic carboxylic acids is 1. The number of hydrogen-bond donors (Lipinski definition) is 1. The average molecular weight is 359 g/mol. The molecule has 2 fully saturated rings. The van der Waals surface area contributed by atoms with Crippen LogP contribution >= 0.6 is 0 Å². The number of benzene rings is 1. The summed E-state index contributed by atoms with van der Waals surface area (Å²) in [6.07, 6.45) is 3.12. The van der Waals surface area contributed by atoms with Crippen molar-refractivity contribution in [1.82, 2.24) is 4.90 Å². The molecule has 1 aliphatic carbocycles. The van der Waals surface area contributed by atoms with Crippen molar-refractivity contribution in [2.45, 2.75) is 32.6 Å². The number of ether oxygens (including phenoxy) is 1. The first-order chi connectivity index (χ1) is 12.5. The number of rotatable bonds is 8. The van der Waals surface area contributed by atoms with E-state index in [4.69, 9.17) is 4.74 Å². The molecule has 1 aliphatic heterocycles. The zero-order chi connectivity index (χ0) is 18.7. The van der Waals surface area contributed by atoms with Crippen molar-refractivity contribution in [2.75, 3.05) is 19.7 Å². The van der Waals surface area contributed by atoms with E-state index in [9.17, 15) is 19.5 Å². The van der Waals surface area contributed by atoms with Crippen LogP contribution in [0.4, 0.5) is 0 Å². The third kappa shape index (κ3) is 4.42. The van der Waals surface area contributed by atoms with Gasteiger partial charge in [0.25, 0.3) is 0 Å². The van der Waals surface area contributed by atoms with E-state index in [1.54, 1.807) is 29.2 Å². The van der Waals surface area contributed by atoms with Crippen LogP contribution in [0.1, 0.15) is 43.0 Å². The predicted molar refractivity (Wildman–Crippen MR) is 95.1 cm³/mol. The maximum atomic E-state index is 12.4. The molecule has 3 rings (SSSR count). The van der Waals surface area contributed by atoms with Gasteiger partial charge >= 0.3 is 5.97 Å². The largest absolute Gasteiger partial charge is 0.494 e. The van der Waals surface area contributed by atoms with Crippen molar-refractivity contribution in [3.05, 3.63) is 29.8 Å². The molecule has 0 bridgehead atoms. The normalized spacial score (nSPS) is 22.3. The lowest BCUT2D eigenvalue weighted by Crippen LogP contribution is -2.30. The third-order valence-corrected chi connectivity index (χ3v) is 5.33. The molecule has 0 radical (unpaired) electrons. The van der Waals surface area contributed by atoms with Crippen molar-refractivity contribution >= 4 is 17.7 Å². The molecule has 1 saturated heterocycles. The van der Waals surface area contributed by atoms with E-state index in [0.29, 0.717) is 49.8 Å². The number of nitrogens with zero attached hydrogens (tertiary/aromatic N) is 1. The standard InChI is InChI=1S/C20H25NO5/c1-13(22)14-6-8-16(9-7-14)26-10-2-3-19(23)21-11-17(15-4-5-15)18(12-21)20(24)25/h6-9,15,17-18H,2-5,10-12H2,1H3,(H,24,25)/t17-,18+/m1/s1. The highest BCUT2D eigenvalue weighted by molar-refractivity contribution is 5.94. The average Bonchev–Trinajstić information content (AvgIpc) is 3.36. The summed E-state index contributed by atoms with van der Waals surface area (Å²) in [6.45, 7) is 2.84. The van der Waals surface area contributed by atoms with E-state index < -0.39 is 11.9 Å². The summed E-state index contributed by atoms with van der Waals surface area (Å²) in [7, 11) is 0. The quantitative estimate of drug-likeness (QED) is 0.570. The Morgan fingerprint density at radius 3 is 2.42 bits per heavy atom. The molecule has 0 spiro atoms. The number of carbonyl (C=O) groups excluding carboxylic acids is 2. The molecule has 1 heterocycles. The first-order valence-corrected chi connectivity index (χ1v) is 9.20. The van der Waals surface area contributed by atoms with Crippen molar-refractivity contribution in [2.24, 2.45) is 17.8 Å². The first-order valence-electron chi connectivity index (χ1n) is 9.20. The molecule has 140 valence electrons. The molecule has 1 saturated carbocycles. The molecule has 1 N–H and O–H groups in total. The van der Waals surface area contributed by atoms with Crippen LogP contribution in [0.3, 0.4) is 0 Å². The molecule has 0 unspecified atom stereocenters. The van der Waals surface area contributed by atoms with Gasteiger partial charge in [0.1, 0.15) is 5.75 Å². The van der Waals surface area contributed by atoms with Crippen LogP contribution in [0.25, 0.3) is 0 Å². The molecule has 6 heteroatoms. The number of amides is 1. The molecule has 26 heavy (non-hydrogen) atoms. The number of carbonyl (C=O) groups is 3. The third-order valence-electron chi connectivity index (χ3n) is 5.33. The van der Waals surface area contributed by atoms with Crippen molar-refractivity contribution in [1.29, 1.82) is 0 Å². The fraction of sp³-hybridized carbons (Fsp3) is 0.550. The summed E-state index contributed by atoms with van der Waals surface area (Å²) in [4.78, 5) is 36.7. The summed E-state index contributed by atoms with van der Waals surface area (Å²) >= 11 is 0. The predicted octanol–water partition coefficient (Wildman–Crippen LogP) is 2.62. The second-order valence-electron chi connectivity index (χ2n) is 7.28. The minimum atomic E-state index is -0.783. The van der Waals surface area contributed by atoms with E-state index in [1.807, 2.05) is 0 Å². The van der Waals surface area contributed by atoms with Gasteiger partial charge in [0.05, 0.1) is 12.5 Å². The Labute approximate surface area is 153 Å². The van der Waals surface area contributed by atoms with E-state index in [-0.39, 0.29) is 17.6 Å². The lowest BCUT2D eigenvalue weighted by molar-refractivity contribution is -0.142. The first kappa shape index (κ1) is 18.4. The molecule has 6 nitrogen and oxygen atoms in total. The molecular weight excluding hydrogens is 334 g/mol. The Morgan fingerprint density at radius 1 is 1.15 bits per heavy atom. The number of ketones is 1. The van der Waals surface area contributed by atoms with Gasteiger partial charge in [-0.2, -0.15) is 0 Å². The van der Waals surface area contributed by atoms with Crippen LogP contribution in [0.5, 0.6) is 5.75 Å². The summed E-state index contributed by atoms with van der Waals surface area (Å²) in [5.41, 5.74) is 0.639. The van der Waals surface area contributed by atoms with Gasteiger partial charge in [-0.05, 0) is 62.3 Å². The van der Waals surface area contributed by atoms with Crippen LogP contribution in [0, 0.1) is 17.8 Å². The molecule has 1 aromatic rings. The van der Waals surface area contributed by atoms with E-state index in [2.05, 4.69) is 0 Å². The second-order valence-corrected chi connectivity index (χ2v) is 7.28. The summed E-state index contributed by atoms with van der Waals surface area (Å²) in [5.74, 6) is 0.0925. The summed E-state index contributed by atoms with van der Waals surface area (Å²) < 4.78 is 5.61. The van der Waals surface area contributed by atoms with E-state index in [0.717, 1.165) is 12.8 Å². The highest BCUT2D eigenvalue weighted by Gasteiger charge is 2.46. The van der Waals surface area contributed by atoms with Gasteiger partial charge in [0.15, 0.2) is 5.78 Å². The van der Waals surface area contributed by atoms with Crippen molar-refractivity contribution in [3.8, 4) is 5.75 Å². The van der Waals surface area contributed by atoms with Crippen LogP contribution in [-0.4, -0.2) is 47.4 Å². The number of carboxylic acids is 1. The van der Waals surface area contributed by atoms with Gasteiger partial charge in [0.2, 0.25) is 5.91 Å². The SMILES string of the molecule is CC(=O)c1ccc(OCCCC(=O)N2C[C@H](C(=O)O)[C@@H](C3CC3)C2)cc1. The smallest absolute Gasteiger partial charge is 0.308 e. The minimum Gasteiger partial charge on any atom is -0.494 e. The summed E-state index contributed by atoms with van der Waals surface area (Å²) in [5, 5.41) is 9.37. The van der Waals surface area contributed by atoms with Gasteiger partial charge in [-0.3, -0.25) is 14.4 Å². The number of Topliss-reactive ketones (excluding diaryl/α,β-unsaturated/α-hetero) is 1. The van der Waals surface area contributed by atoms with Crippen LogP contribution < -0.4 is 4.74 Å². The van der Waals surface area contributed by atoms with E-state index in [1.165, 1.54) is 6.92 Å². The van der Waals surface area contributed by atoms with Crippen LogP contribution in [-0.2, 0) is 9.59 Å². The molecule has 2 atom stereocenters. The highest BCUT2D eigenvalue weighted by atomic mass is 16.5. The fourth-order valence-corrected chi connectivity index (χ4v) is 3.65. The molecular formula is C20H25NO5. The number of likely N-dealkylation sites (tertiary alicyclic amines) is 1.